The zero-order valence-corrected chi connectivity index (χ0v) is 16.7. The predicted octanol–water partition coefficient (Wildman–Crippen LogP) is 1.17. The van der Waals surface area contributed by atoms with Gasteiger partial charge in [-0.2, -0.15) is 0 Å². The number of carbonyl (C=O) groups is 5. The molecule has 30 heavy (non-hydrogen) atoms. The van der Waals surface area contributed by atoms with Crippen LogP contribution in [0.5, 0.6) is 0 Å². The van der Waals surface area contributed by atoms with Gasteiger partial charge in [0.1, 0.15) is 0 Å². The fraction of sp³-hybridized carbons (Fsp3) is 0.263. The summed E-state index contributed by atoms with van der Waals surface area (Å²) in [6.45, 7) is 0. The van der Waals surface area contributed by atoms with Crippen LogP contribution in [0.2, 0.25) is 0 Å². The lowest BCUT2D eigenvalue weighted by molar-refractivity contribution is 0.0535. The lowest BCUT2D eigenvalue weighted by Gasteiger charge is -2.17. The molecule has 0 saturated heterocycles. The predicted molar refractivity (Wildman–Crippen MR) is 98.4 cm³/mol. The summed E-state index contributed by atoms with van der Waals surface area (Å²) in [5, 5.41) is -0.260. The summed E-state index contributed by atoms with van der Waals surface area (Å²) in [5.74, 6) is -5.12. The van der Waals surface area contributed by atoms with Gasteiger partial charge in [-0.1, -0.05) is 0 Å². The molecule has 0 saturated carbocycles. The molecule has 158 valence electrons. The molecule has 2 aromatic rings. The van der Waals surface area contributed by atoms with Crippen LogP contribution < -0.4 is 0 Å². The van der Waals surface area contributed by atoms with E-state index in [-0.39, 0.29) is 22.0 Å². The van der Waals surface area contributed by atoms with Gasteiger partial charge in [-0.05, 0) is 6.07 Å². The summed E-state index contributed by atoms with van der Waals surface area (Å²) in [4.78, 5) is 66.2. The van der Waals surface area contributed by atoms with E-state index < -0.39 is 46.5 Å². The molecule has 11 nitrogen and oxygen atoms in total. The van der Waals surface area contributed by atoms with Crippen LogP contribution in [0.3, 0.4) is 0 Å². The van der Waals surface area contributed by atoms with Gasteiger partial charge in [0.25, 0.3) is 0 Å². The molecule has 2 rings (SSSR count). The first-order valence-electron chi connectivity index (χ1n) is 8.18. The summed E-state index contributed by atoms with van der Waals surface area (Å²) in [6.07, 6.45) is 1.01. The minimum Gasteiger partial charge on any atom is -0.465 e. The zero-order valence-electron chi connectivity index (χ0n) is 16.7. The standard InChI is InChI=1S/C19H17NO10/c1-26-15(21)8-6-10-13(14(19(25)30-5)11(8)17(23)28-3)12(18(24)29-4)9(7-20-10)16(22)27-2/h6-7H,1-5H3. The molecule has 0 aliphatic carbocycles. The minimum absolute atomic E-state index is 0.0866. The third-order valence-corrected chi connectivity index (χ3v) is 4.14. The van der Waals surface area contributed by atoms with Crippen molar-refractivity contribution in [1.29, 1.82) is 0 Å². The molecule has 0 N–H and O–H groups in total. The van der Waals surface area contributed by atoms with Crippen molar-refractivity contribution in [2.24, 2.45) is 0 Å². The Kier molecular flexibility index (Phi) is 6.67. The molecule has 0 amide bonds. The molecule has 0 spiro atoms. The van der Waals surface area contributed by atoms with E-state index in [0.717, 1.165) is 47.8 Å². The van der Waals surface area contributed by atoms with Crippen LogP contribution in [0.15, 0.2) is 12.3 Å². The highest BCUT2D eigenvalue weighted by atomic mass is 16.5. The van der Waals surface area contributed by atoms with E-state index in [1.54, 1.807) is 0 Å². The van der Waals surface area contributed by atoms with Crippen LogP contribution in [0.4, 0.5) is 0 Å². The van der Waals surface area contributed by atoms with Crippen LogP contribution in [0.1, 0.15) is 51.8 Å². The van der Waals surface area contributed by atoms with E-state index >= 15 is 0 Å². The monoisotopic (exact) mass is 419 g/mol. The van der Waals surface area contributed by atoms with Crippen molar-refractivity contribution < 1.29 is 47.7 Å². The number of nitrogens with zero attached hydrogens (tertiary/aromatic N) is 1. The second kappa shape index (κ2) is 8.99. The fourth-order valence-electron chi connectivity index (χ4n) is 2.83. The Morgan fingerprint density at radius 3 is 1.53 bits per heavy atom. The van der Waals surface area contributed by atoms with Gasteiger partial charge in [0.15, 0.2) is 0 Å². The van der Waals surface area contributed by atoms with Gasteiger partial charge in [0.05, 0.1) is 68.9 Å². The van der Waals surface area contributed by atoms with Crippen LogP contribution >= 0.6 is 0 Å². The van der Waals surface area contributed by atoms with Crippen molar-refractivity contribution >= 4 is 40.7 Å². The number of aromatic nitrogens is 1. The first-order valence-corrected chi connectivity index (χ1v) is 8.18. The molecule has 0 radical (unpaired) electrons. The smallest absolute Gasteiger partial charge is 0.340 e. The molecule has 11 heteroatoms. The number of fused-ring (bicyclic) bond motifs is 1. The Balaban J connectivity index is 3.24. The molecule has 1 aromatic carbocycles. The van der Waals surface area contributed by atoms with Crippen LogP contribution in [-0.4, -0.2) is 70.4 Å². The Hall–Kier alpha value is -4.02. The molecule has 0 unspecified atom stereocenters. The summed E-state index contributed by atoms with van der Waals surface area (Å²) in [6, 6.07) is 1.12. The fourth-order valence-corrected chi connectivity index (χ4v) is 2.83. The second-order valence-corrected chi connectivity index (χ2v) is 5.57. The first kappa shape index (κ1) is 22.3. The first-order chi connectivity index (χ1) is 14.3. The molecule has 0 bridgehead atoms. The van der Waals surface area contributed by atoms with Crippen molar-refractivity contribution in [3.8, 4) is 0 Å². The molecule has 1 aromatic heterocycles. The average Bonchev–Trinajstić information content (AvgIpc) is 2.79. The van der Waals surface area contributed by atoms with Crippen LogP contribution in [0, 0.1) is 0 Å². The normalized spacial score (nSPS) is 10.2. The van der Waals surface area contributed by atoms with E-state index in [4.69, 9.17) is 14.2 Å². The van der Waals surface area contributed by atoms with Gasteiger partial charge in [0.2, 0.25) is 0 Å². The number of benzene rings is 1. The maximum atomic E-state index is 12.7. The van der Waals surface area contributed by atoms with Gasteiger partial charge in [0, 0.05) is 11.6 Å². The maximum absolute atomic E-state index is 12.7. The van der Waals surface area contributed by atoms with Crippen LogP contribution in [-0.2, 0) is 23.7 Å². The number of esters is 5. The molecule has 1 heterocycles. The Labute approximate surface area is 169 Å². The van der Waals surface area contributed by atoms with E-state index in [1.807, 2.05) is 0 Å². The molecule has 0 fully saturated rings. The molecular formula is C19H17NO10. The highest BCUT2D eigenvalue weighted by Crippen LogP contribution is 2.32. The van der Waals surface area contributed by atoms with Crippen molar-refractivity contribution in [1.82, 2.24) is 4.98 Å². The Morgan fingerprint density at radius 2 is 1.03 bits per heavy atom. The molecule has 0 aliphatic rings. The van der Waals surface area contributed by atoms with Gasteiger partial charge < -0.3 is 23.7 Å². The highest BCUT2D eigenvalue weighted by Gasteiger charge is 2.34. The number of pyridine rings is 1. The van der Waals surface area contributed by atoms with Crippen LogP contribution in [0.25, 0.3) is 10.9 Å². The Morgan fingerprint density at radius 1 is 0.600 bits per heavy atom. The number of methoxy groups -OCH3 is 5. The zero-order chi connectivity index (χ0) is 22.6. The van der Waals surface area contributed by atoms with E-state index in [1.165, 1.54) is 0 Å². The number of hydrogen-bond donors (Lipinski definition) is 0. The minimum atomic E-state index is -1.10. The van der Waals surface area contributed by atoms with Gasteiger partial charge in [-0.3, -0.25) is 4.98 Å². The molecule has 0 atom stereocenters. The third kappa shape index (κ3) is 3.64. The summed E-state index contributed by atoms with van der Waals surface area (Å²) in [7, 11) is 5.25. The largest absolute Gasteiger partial charge is 0.465 e. The summed E-state index contributed by atoms with van der Waals surface area (Å²) >= 11 is 0. The topological polar surface area (TPSA) is 144 Å². The average molecular weight is 419 g/mol. The molecular weight excluding hydrogens is 402 g/mol. The number of hydrogen-bond acceptors (Lipinski definition) is 11. The maximum Gasteiger partial charge on any atom is 0.340 e. The highest BCUT2D eigenvalue weighted by molar-refractivity contribution is 6.22. The Bertz CT molecular complexity index is 1070. The van der Waals surface area contributed by atoms with Gasteiger partial charge in [-0.25, -0.2) is 24.0 Å². The quantitative estimate of drug-likeness (QED) is 0.508. The van der Waals surface area contributed by atoms with Crippen molar-refractivity contribution in [2.75, 3.05) is 35.5 Å². The third-order valence-electron chi connectivity index (χ3n) is 4.14. The van der Waals surface area contributed by atoms with Crippen molar-refractivity contribution in [3.63, 3.8) is 0 Å². The number of carbonyl (C=O) groups excluding carboxylic acids is 5. The summed E-state index contributed by atoms with van der Waals surface area (Å²) < 4.78 is 23.5. The molecule has 0 aliphatic heterocycles. The number of ether oxygens (including phenoxy) is 5. The van der Waals surface area contributed by atoms with Crippen molar-refractivity contribution in [3.05, 3.63) is 40.1 Å². The SMILES string of the molecule is COC(=O)c1cc2ncc(C(=O)OC)c(C(=O)OC)c2c(C(=O)OC)c1C(=O)OC. The van der Waals surface area contributed by atoms with Gasteiger partial charge >= 0.3 is 29.8 Å². The second-order valence-electron chi connectivity index (χ2n) is 5.57. The lowest BCUT2D eigenvalue weighted by atomic mass is 9.91. The van der Waals surface area contributed by atoms with Gasteiger partial charge in [-0.15, -0.1) is 0 Å². The van der Waals surface area contributed by atoms with E-state index in [9.17, 15) is 24.0 Å². The van der Waals surface area contributed by atoms with E-state index in [2.05, 4.69) is 14.5 Å². The number of rotatable bonds is 5. The van der Waals surface area contributed by atoms with Crippen molar-refractivity contribution in [2.45, 2.75) is 0 Å². The van der Waals surface area contributed by atoms with E-state index in [0.29, 0.717) is 0 Å². The summed E-state index contributed by atoms with van der Waals surface area (Å²) in [5.41, 5.74) is -2.23. The lowest BCUT2D eigenvalue weighted by Crippen LogP contribution is -2.21.